The van der Waals surface area contributed by atoms with Gasteiger partial charge in [0, 0.05) is 25.8 Å². The van der Waals surface area contributed by atoms with E-state index in [-0.39, 0.29) is 5.91 Å². The maximum Gasteiger partial charge on any atom is 0.257 e. The zero-order valence-corrected chi connectivity index (χ0v) is 16.3. The van der Waals surface area contributed by atoms with Crippen LogP contribution in [-0.2, 0) is 0 Å². The van der Waals surface area contributed by atoms with Crippen LogP contribution in [0.2, 0.25) is 0 Å². The quantitative estimate of drug-likeness (QED) is 0.867. The number of rotatable bonds is 5. The van der Waals surface area contributed by atoms with E-state index in [4.69, 9.17) is 4.74 Å². The van der Waals surface area contributed by atoms with Crippen molar-refractivity contribution < 1.29 is 14.6 Å². The third kappa shape index (κ3) is 4.48. The summed E-state index contributed by atoms with van der Waals surface area (Å²) in [5, 5.41) is 15.1. The lowest BCUT2D eigenvalue weighted by Crippen LogP contribution is -2.41. The molecule has 146 valence electrons. The van der Waals surface area contributed by atoms with Crippen molar-refractivity contribution in [2.75, 3.05) is 40.8 Å². The molecule has 1 fully saturated rings. The monoisotopic (exact) mass is 372 g/mol. The number of amides is 1. The molecule has 3 rings (SSSR count). The van der Waals surface area contributed by atoms with E-state index in [2.05, 4.69) is 5.10 Å². The van der Waals surface area contributed by atoms with Crippen LogP contribution in [-0.4, -0.2) is 77.0 Å². The van der Waals surface area contributed by atoms with Crippen LogP contribution >= 0.6 is 0 Å². The molecule has 0 bridgehead atoms. The molecule has 1 aromatic heterocycles. The average Bonchev–Trinajstić information content (AvgIpc) is 3.05. The van der Waals surface area contributed by atoms with Gasteiger partial charge >= 0.3 is 0 Å². The topological polar surface area (TPSA) is 70.8 Å². The van der Waals surface area contributed by atoms with Gasteiger partial charge in [0.15, 0.2) is 0 Å². The third-order valence-electron chi connectivity index (χ3n) is 4.98. The number of aliphatic hydroxyl groups is 1. The molecule has 7 heteroatoms. The van der Waals surface area contributed by atoms with E-state index in [1.165, 1.54) is 0 Å². The molecule has 1 aliphatic rings. The highest BCUT2D eigenvalue weighted by molar-refractivity contribution is 5.93. The summed E-state index contributed by atoms with van der Waals surface area (Å²) in [7, 11) is 5.52. The molecule has 1 saturated heterocycles. The molecular formula is C20H28N4O3. The molecule has 27 heavy (non-hydrogen) atoms. The van der Waals surface area contributed by atoms with Crippen LogP contribution in [0.3, 0.4) is 0 Å². The van der Waals surface area contributed by atoms with E-state index in [1.807, 2.05) is 48.2 Å². The number of aromatic nitrogens is 2. The number of methoxy groups -OCH3 is 1. The third-order valence-corrected chi connectivity index (χ3v) is 4.98. The SMILES string of the molecule is COc1ccccc1-n1cc(C(=O)N2CCC[C@@](O)(CN(C)C)CC2)cn1. The first kappa shape index (κ1) is 19.4. The van der Waals surface area contributed by atoms with Crippen molar-refractivity contribution in [3.63, 3.8) is 0 Å². The number of benzene rings is 1. The van der Waals surface area contributed by atoms with E-state index < -0.39 is 5.60 Å². The highest BCUT2D eigenvalue weighted by Crippen LogP contribution is 2.25. The maximum atomic E-state index is 12.9. The first-order valence-corrected chi connectivity index (χ1v) is 9.26. The molecule has 2 heterocycles. The lowest BCUT2D eigenvalue weighted by Gasteiger charge is -2.29. The molecule has 0 spiro atoms. The van der Waals surface area contributed by atoms with Gasteiger partial charge in [-0.2, -0.15) is 5.10 Å². The minimum atomic E-state index is -0.736. The van der Waals surface area contributed by atoms with Crippen molar-refractivity contribution in [1.29, 1.82) is 0 Å². The summed E-state index contributed by atoms with van der Waals surface area (Å²) in [6, 6.07) is 7.55. The summed E-state index contributed by atoms with van der Waals surface area (Å²) in [5.41, 5.74) is 0.592. The largest absolute Gasteiger partial charge is 0.494 e. The molecule has 1 aromatic carbocycles. The van der Waals surface area contributed by atoms with Crippen LogP contribution < -0.4 is 4.74 Å². The summed E-state index contributed by atoms with van der Waals surface area (Å²) < 4.78 is 7.03. The fraction of sp³-hybridized carbons (Fsp3) is 0.500. The Bertz CT molecular complexity index is 789. The zero-order chi connectivity index (χ0) is 19.4. The molecule has 2 aromatic rings. The molecular weight excluding hydrogens is 344 g/mol. The Hall–Kier alpha value is -2.38. The predicted molar refractivity (Wildman–Crippen MR) is 103 cm³/mol. The first-order chi connectivity index (χ1) is 12.9. The molecule has 7 nitrogen and oxygen atoms in total. The number of likely N-dealkylation sites (N-methyl/N-ethyl adjacent to an activating group) is 1. The van der Waals surface area contributed by atoms with Crippen molar-refractivity contribution in [3.05, 3.63) is 42.2 Å². The molecule has 0 aliphatic carbocycles. The standard InChI is InChI=1S/C20H28N4O3/c1-22(2)15-20(26)9-6-11-23(12-10-20)19(25)16-13-21-24(14-16)17-7-4-5-8-18(17)27-3/h4-5,7-8,13-14,26H,6,9-12,15H2,1-3H3/t20-/m0/s1. The number of likely N-dealkylation sites (tertiary alicyclic amines) is 1. The van der Waals surface area contributed by atoms with Crippen molar-refractivity contribution in [2.24, 2.45) is 0 Å². The molecule has 1 amide bonds. The van der Waals surface area contributed by atoms with Crippen LogP contribution in [0, 0.1) is 0 Å². The molecule has 0 unspecified atom stereocenters. The Labute approximate surface area is 160 Å². The van der Waals surface area contributed by atoms with E-state index >= 15 is 0 Å². The van der Waals surface area contributed by atoms with E-state index in [0.717, 1.165) is 12.1 Å². The summed E-state index contributed by atoms with van der Waals surface area (Å²) in [6.07, 6.45) is 5.40. The number of ether oxygens (including phenoxy) is 1. The smallest absolute Gasteiger partial charge is 0.257 e. The van der Waals surface area contributed by atoms with Gasteiger partial charge in [0.1, 0.15) is 11.4 Å². The Morgan fingerprint density at radius 1 is 1.30 bits per heavy atom. The number of carbonyl (C=O) groups excluding carboxylic acids is 1. The van der Waals surface area contributed by atoms with Gasteiger partial charge in [-0.15, -0.1) is 0 Å². The molecule has 1 atom stereocenters. The number of hydrogen-bond donors (Lipinski definition) is 1. The van der Waals surface area contributed by atoms with E-state index in [9.17, 15) is 9.90 Å². The van der Waals surface area contributed by atoms with E-state index in [0.29, 0.717) is 43.8 Å². The number of nitrogens with zero attached hydrogens (tertiary/aromatic N) is 4. The van der Waals surface area contributed by atoms with Gasteiger partial charge in [0.25, 0.3) is 5.91 Å². The van der Waals surface area contributed by atoms with Gasteiger partial charge in [-0.1, -0.05) is 12.1 Å². The highest BCUT2D eigenvalue weighted by Gasteiger charge is 2.32. The Morgan fingerprint density at radius 3 is 2.81 bits per heavy atom. The summed E-state index contributed by atoms with van der Waals surface area (Å²) in [5.74, 6) is 0.647. The fourth-order valence-corrected chi connectivity index (χ4v) is 3.70. The molecule has 1 N–H and O–H groups in total. The van der Waals surface area contributed by atoms with Crippen molar-refractivity contribution in [3.8, 4) is 11.4 Å². The van der Waals surface area contributed by atoms with Gasteiger partial charge in [-0.25, -0.2) is 4.68 Å². The average molecular weight is 372 g/mol. The Kier molecular flexibility index (Phi) is 5.82. The minimum Gasteiger partial charge on any atom is -0.494 e. The Morgan fingerprint density at radius 2 is 2.07 bits per heavy atom. The van der Waals surface area contributed by atoms with Crippen LogP contribution in [0.4, 0.5) is 0 Å². The predicted octanol–water partition coefficient (Wildman–Crippen LogP) is 1.80. The fourth-order valence-electron chi connectivity index (χ4n) is 3.70. The second-order valence-electron chi connectivity index (χ2n) is 7.45. The minimum absolute atomic E-state index is 0.0507. The molecule has 1 aliphatic heterocycles. The van der Waals surface area contributed by atoms with Crippen molar-refractivity contribution in [2.45, 2.75) is 24.9 Å². The Balaban J connectivity index is 1.73. The summed E-state index contributed by atoms with van der Waals surface area (Å²) >= 11 is 0. The molecule has 0 saturated carbocycles. The van der Waals surface area contributed by atoms with E-state index in [1.54, 1.807) is 24.2 Å². The zero-order valence-electron chi connectivity index (χ0n) is 16.3. The van der Waals surface area contributed by atoms with Gasteiger partial charge in [-0.3, -0.25) is 4.79 Å². The lowest BCUT2D eigenvalue weighted by atomic mass is 9.94. The van der Waals surface area contributed by atoms with Gasteiger partial charge < -0.3 is 19.6 Å². The molecule has 0 radical (unpaired) electrons. The van der Waals surface area contributed by atoms with Crippen molar-refractivity contribution in [1.82, 2.24) is 19.6 Å². The van der Waals surface area contributed by atoms with Crippen LogP contribution in [0.15, 0.2) is 36.7 Å². The second kappa shape index (κ2) is 8.10. The lowest BCUT2D eigenvalue weighted by molar-refractivity contribution is 0.00305. The maximum absolute atomic E-state index is 12.9. The van der Waals surface area contributed by atoms with Gasteiger partial charge in [0.2, 0.25) is 0 Å². The summed E-state index contributed by atoms with van der Waals surface area (Å²) in [4.78, 5) is 16.7. The van der Waals surface area contributed by atoms with Crippen molar-refractivity contribution >= 4 is 5.91 Å². The summed E-state index contributed by atoms with van der Waals surface area (Å²) in [6.45, 7) is 1.80. The van der Waals surface area contributed by atoms with Crippen LogP contribution in [0.25, 0.3) is 5.69 Å². The second-order valence-corrected chi connectivity index (χ2v) is 7.45. The number of carbonyl (C=O) groups is 1. The van der Waals surface area contributed by atoms with Crippen LogP contribution in [0.1, 0.15) is 29.6 Å². The van der Waals surface area contributed by atoms with Crippen LogP contribution in [0.5, 0.6) is 5.75 Å². The van der Waals surface area contributed by atoms with Gasteiger partial charge in [0.05, 0.1) is 24.5 Å². The number of hydrogen-bond acceptors (Lipinski definition) is 5. The normalized spacial score (nSPS) is 20.6. The number of para-hydroxylation sites is 2. The highest BCUT2D eigenvalue weighted by atomic mass is 16.5. The van der Waals surface area contributed by atoms with Gasteiger partial charge in [-0.05, 0) is 45.5 Å². The first-order valence-electron chi connectivity index (χ1n) is 9.26.